The Labute approximate surface area is 123 Å². The van der Waals surface area contributed by atoms with Gasteiger partial charge in [-0.3, -0.25) is 9.59 Å². The number of primary amides is 1. The molecule has 0 fully saturated rings. The summed E-state index contributed by atoms with van der Waals surface area (Å²) in [6.45, 7) is 2.70. The van der Waals surface area contributed by atoms with Crippen molar-refractivity contribution in [2.45, 2.75) is 26.2 Å². The molecule has 1 atom stereocenters. The minimum atomic E-state index is -0.594. The zero-order valence-electron chi connectivity index (χ0n) is 11.5. The summed E-state index contributed by atoms with van der Waals surface area (Å²) >= 11 is 5.91. The summed E-state index contributed by atoms with van der Waals surface area (Å²) in [5.74, 6) is -0.258. The third-order valence-corrected chi connectivity index (χ3v) is 3.35. The maximum Gasteiger partial charge on any atom is 0.250 e. The van der Waals surface area contributed by atoms with Crippen LogP contribution in [0, 0.1) is 5.92 Å². The van der Waals surface area contributed by atoms with Crippen molar-refractivity contribution in [3.63, 3.8) is 0 Å². The Morgan fingerprint density at radius 3 is 2.60 bits per heavy atom. The maximum atomic E-state index is 11.8. The molecule has 1 aromatic carbocycles. The summed E-state index contributed by atoms with van der Waals surface area (Å²) in [5.41, 5.74) is 11.4. The molecule has 0 aliphatic carbocycles. The van der Waals surface area contributed by atoms with E-state index in [1.807, 2.05) is 0 Å². The Balaban J connectivity index is 2.54. The predicted octanol–water partition coefficient (Wildman–Crippen LogP) is 2.14. The normalized spacial score (nSPS) is 11.9. The van der Waals surface area contributed by atoms with E-state index in [2.05, 4.69) is 12.2 Å². The van der Waals surface area contributed by atoms with Crippen molar-refractivity contribution in [3.05, 3.63) is 28.8 Å². The molecular weight excluding hydrogens is 278 g/mol. The van der Waals surface area contributed by atoms with Gasteiger partial charge in [-0.1, -0.05) is 18.5 Å². The first-order chi connectivity index (χ1) is 9.43. The topological polar surface area (TPSA) is 98.2 Å². The largest absolute Gasteiger partial charge is 0.366 e. The minimum absolute atomic E-state index is 0.0863. The molecule has 0 heterocycles. The highest BCUT2D eigenvalue weighted by Gasteiger charge is 2.10. The van der Waals surface area contributed by atoms with Crippen LogP contribution in [0.5, 0.6) is 0 Å². The number of nitrogens with two attached hydrogens (primary N) is 2. The van der Waals surface area contributed by atoms with Crippen LogP contribution in [0.15, 0.2) is 18.2 Å². The molecule has 0 spiro atoms. The molecule has 2 amide bonds. The highest BCUT2D eigenvalue weighted by molar-refractivity contribution is 6.34. The van der Waals surface area contributed by atoms with Gasteiger partial charge in [0, 0.05) is 12.1 Å². The first-order valence-corrected chi connectivity index (χ1v) is 6.91. The summed E-state index contributed by atoms with van der Waals surface area (Å²) in [6.07, 6.45) is 2.12. The maximum absolute atomic E-state index is 11.8. The van der Waals surface area contributed by atoms with Crippen LogP contribution >= 0.6 is 11.6 Å². The van der Waals surface area contributed by atoms with Gasteiger partial charge >= 0.3 is 0 Å². The molecular formula is C14H20ClN3O2. The molecule has 0 aliphatic rings. The van der Waals surface area contributed by atoms with E-state index >= 15 is 0 Å². The van der Waals surface area contributed by atoms with Gasteiger partial charge < -0.3 is 16.8 Å². The number of nitrogens with one attached hydrogen (secondary N) is 1. The van der Waals surface area contributed by atoms with Crippen LogP contribution < -0.4 is 16.8 Å². The zero-order chi connectivity index (χ0) is 15.1. The van der Waals surface area contributed by atoms with Gasteiger partial charge in [0.1, 0.15) is 0 Å². The Kier molecular flexibility index (Phi) is 6.48. The van der Waals surface area contributed by atoms with E-state index in [1.165, 1.54) is 12.1 Å². The van der Waals surface area contributed by atoms with E-state index in [0.717, 1.165) is 12.8 Å². The molecule has 1 aromatic rings. The number of halogens is 1. The molecule has 1 unspecified atom stereocenters. The van der Waals surface area contributed by atoms with Crippen LogP contribution in [-0.4, -0.2) is 18.4 Å². The Morgan fingerprint density at radius 1 is 1.35 bits per heavy atom. The van der Waals surface area contributed by atoms with Crippen molar-refractivity contribution in [3.8, 4) is 0 Å². The zero-order valence-corrected chi connectivity index (χ0v) is 12.2. The molecule has 110 valence electrons. The number of hydrogen-bond acceptors (Lipinski definition) is 3. The monoisotopic (exact) mass is 297 g/mol. The van der Waals surface area contributed by atoms with Crippen molar-refractivity contribution in [2.24, 2.45) is 17.4 Å². The quantitative estimate of drug-likeness (QED) is 0.719. The van der Waals surface area contributed by atoms with Crippen LogP contribution in [0.25, 0.3) is 0 Å². The Bertz CT molecular complexity index is 491. The van der Waals surface area contributed by atoms with Crippen LogP contribution in [0.3, 0.4) is 0 Å². The average Bonchev–Trinajstić information content (AvgIpc) is 2.36. The van der Waals surface area contributed by atoms with Gasteiger partial charge in [-0.15, -0.1) is 0 Å². The predicted molar refractivity (Wildman–Crippen MR) is 80.7 cm³/mol. The molecule has 0 aromatic heterocycles. The van der Waals surface area contributed by atoms with E-state index in [4.69, 9.17) is 23.1 Å². The third kappa shape index (κ3) is 5.19. The van der Waals surface area contributed by atoms with Gasteiger partial charge in [0.25, 0.3) is 0 Å². The molecule has 20 heavy (non-hydrogen) atoms. The molecule has 1 rings (SSSR count). The van der Waals surface area contributed by atoms with Crippen LogP contribution in [-0.2, 0) is 4.79 Å². The second kappa shape index (κ2) is 7.87. The highest BCUT2D eigenvalue weighted by atomic mass is 35.5. The smallest absolute Gasteiger partial charge is 0.250 e. The third-order valence-electron chi connectivity index (χ3n) is 3.04. The van der Waals surface area contributed by atoms with E-state index in [0.29, 0.717) is 24.6 Å². The van der Waals surface area contributed by atoms with Crippen molar-refractivity contribution in [1.29, 1.82) is 0 Å². The number of carbonyl (C=O) groups excluding carboxylic acids is 2. The minimum Gasteiger partial charge on any atom is -0.366 e. The number of carbonyl (C=O) groups is 2. The molecule has 5 N–H and O–H groups in total. The number of anilines is 1. The molecule has 6 heteroatoms. The van der Waals surface area contributed by atoms with Gasteiger partial charge in [-0.2, -0.15) is 0 Å². The number of benzene rings is 1. The van der Waals surface area contributed by atoms with Gasteiger partial charge in [0.2, 0.25) is 11.8 Å². The molecule has 5 nitrogen and oxygen atoms in total. The fourth-order valence-corrected chi connectivity index (χ4v) is 2.10. The fourth-order valence-electron chi connectivity index (χ4n) is 1.82. The van der Waals surface area contributed by atoms with Crippen molar-refractivity contribution >= 4 is 29.1 Å². The highest BCUT2D eigenvalue weighted by Crippen LogP contribution is 2.21. The first kappa shape index (κ1) is 16.5. The molecule has 0 bridgehead atoms. The summed E-state index contributed by atoms with van der Waals surface area (Å²) in [4.78, 5) is 22.8. The molecule has 0 aliphatic heterocycles. The van der Waals surface area contributed by atoms with E-state index in [-0.39, 0.29) is 16.5 Å². The average molecular weight is 298 g/mol. The molecule has 0 saturated heterocycles. The van der Waals surface area contributed by atoms with Crippen molar-refractivity contribution in [2.75, 3.05) is 11.9 Å². The lowest BCUT2D eigenvalue weighted by Gasteiger charge is -2.10. The van der Waals surface area contributed by atoms with E-state index in [1.54, 1.807) is 6.07 Å². The van der Waals surface area contributed by atoms with E-state index < -0.39 is 5.91 Å². The van der Waals surface area contributed by atoms with Crippen LogP contribution in [0.2, 0.25) is 5.02 Å². The number of amides is 2. The lowest BCUT2D eigenvalue weighted by atomic mass is 10.0. The first-order valence-electron chi connectivity index (χ1n) is 6.53. The second-order valence-corrected chi connectivity index (χ2v) is 5.24. The standard InChI is InChI=1S/C14H20ClN3O2/c1-9(6-7-16)2-5-13(19)18-10-3-4-11(14(17)20)12(15)8-10/h3-4,8-9H,2,5-7,16H2,1H3,(H2,17,20)(H,18,19). The summed E-state index contributed by atoms with van der Waals surface area (Å²) in [6, 6.07) is 4.62. The van der Waals surface area contributed by atoms with Crippen molar-refractivity contribution < 1.29 is 9.59 Å². The summed E-state index contributed by atoms with van der Waals surface area (Å²) in [5, 5.41) is 2.97. The lowest BCUT2D eigenvalue weighted by Crippen LogP contribution is -2.15. The fraction of sp³-hybridized carbons (Fsp3) is 0.429. The van der Waals surface area contributed by atoms with E-state index in [9.17, 15) is 9.59 Å². The Hall–Kier alpha value is -1.59. The van der Waals surface area contributed by atoms with Crippen molar-refractivity contribution in [1.82, 2.24) is 0 Å². The van der Waals surface area contributed by atoms with Gasteiger partial charge in [-0.25, -0.2) is 0 Å². The lowest BCUT2D eigenvalue weighted by molar-refractivity contribution is -0.116. The van der Waals surface area contributed by atoms with Crippen LogP contribution in [0.1, 0.15) is 36.5 Å². The number of rotatable bonds is 7. The molecule has 0 radical (unpaired) electrons. The van der Waals surface area contributed by atoms with Gasteiger partial charge in [0.05, 0.1) is 10.6 Å². The summed E-state index contributed by atoms with van der Waals surface area (Å²) < 4.78 is 0. The molecule has 0 saturated carbocycles. The van der Waals surface area contributed by atoms with Gasteiger partial charge in [-0.05, 0) is 43.5 Å². The SMILES string of the molecule is CC(CCN)CCC(=O)Nc1ccc(C(N)=O)c(Cl)c1. The Morgan fingerprint density at radius 2 is 2.05 bits per heavy atom. The summed E-state index contributed by atoms with van der Waals surface area (Å²) in [7, 11) is 0. The number of hydrogen-bond donors (Lipinski definition) is 3. The van der Waals surface area contributed by atoms with Crippen LogP contribution in [0.4, 0.5) is 5.69 Å². The second-order valence-electron chi connectivity index (χ2n) is 4.83. The van der Waals surface area contributed by atoms with Gasteiger partial charge in [0.15, 0.2) is 0 Å².